The Morgan fingerprint density at radius 2 is 2.17 bits per heavy atom. The van der Waals surface area contributed by atoms with Crippen LogP contribution in [0.3, 0.4) is 0 Å². The third-order valence-electron chi connectivity index (χ3n) is 3.76. The average molecular weight is 331 g/mol. The van der Waals surface area contributed by atoms with Crippen LogP contribution < -0.4 is 11.0 Å². The summed E-state index contributed by atoms with van der Waals surface area (Å²) in [6.07, 6.45) is 0. The highest BCUT2D eigenvalue weighted by Crippen LogP contribution is 2.22. The van der Waals surface area contributed by atoms with Crippen molar-refractivity contribution < 1.29 is 9.90 Å². The van der Waals surface area contributed by atoms with Crippen molar-refractivity contribution in [2.24, 2.45) is 0 Å². The Morgan fingerprint density at radius 3 is 2.91 bits per heavy atom. The molecule has 0 fully saturated rings. The SMILES string of the molecule is CC(O)(CNC(=O)Cn1c(=O)[nH]c2ccccc21)c1ccsc1. The molecule has 1 unspecified atom stereocenters. The number of nitrogens with zero attached hydrogens (tertiary/aromatic N) is 1. The van der Waals surface area contributed by atoms with Gasteiger partial charge in [0, 0.05) is 0 Å². The van der Waals surface area contributed by atoms with E-state index in [1.165, 1.54) is 15.9 Å². The van der Waals surface area contributed by atoms with E-state index in [0.717, 1.165) is 5.56 Å². The zero-order valence-electron chi connectivity index (χ0n) is 12.6. The number of carbonyl (C=O) groups excluding carboxylic acids is 1. The van der Waals surface area contributed by atoms with Gasteiger partial charge in [-0.25, -0.2) is 4.79 Å². The molecule has 6 nitrogen and oxygen atoms in total. The second kappa shape index (κ2) is 6.02. The normalized spacial score (nSPS) is 13.8. The number of para-hydroxylation sites is 2. The molecule has 0 radical (unpaired) electrons. The molecule has 23 heavy (non-hydrogen) atoms. The molecule has 0 aliphatic carbocycles. The Labute approximate surface area is 136 Å². The second-order valence-electron chi connectivity index (χ2n) is 5.60. The van der Waals surface area contributed by atoms with Crippen LogP contribution in [0.2, 0.25) is 0 Å². The van der Waals surface area contributed by atoms with Gasteiger partial charge in [-0.15, -0.1) is 0 Å². The van der Waals surface area contributed by atoms with E-state index in [-0.39, 0.29) is 24.7 Å². The zero-order chi connectivity index (χ0) is 16.4. The van der Waals surface area contributed by atoms with E-state index in [1.54, 1.807) is 19.1 Å². The van der Waals surface area contributed by atoms with Crippen molar-refractivity contribution in [1.82, 2.24) is 14.9 Å². The van der Waals surface area contributed by atoms with Crippen molar-refractivity contribution in [3.05, 3.63) is 57.1 Å². The first kappa shape index (κ1) is 15.5. The van der Waals surface area contributed by atoms with Crippen molar-refractivity contribution >= 4 is 28.3 Å². The van der Waals surface area contributed by atoms with Crippen LogP contribution in [0, 0.1) is 0 Å². The Kier molecular flexibility index (Phi) is 4.06. The summed E-state index contributed by atoms with van der Waals surface area (Å²) in [5, 5.41) is 16.8. The molecule has 0 spiro atoms. The minimum atomic E-state index is -1.14. The first-order valence-corrected chi connectivity index (χ1v) is 8.11. The summed E-state index contributed by atoms with van der Waals surface area (Å²) < 4.78 is 1.38. The predicted molar refractivity (Wildman–Crippen MR) is 89.5 cm³/mol. The van der Waals surface area contributed by atoms with Crippen LogP contribution in [0.25, 0.3) is 11.0 Å². The Balaban J connectivity index is 1.70. The molecule has 7 heteroatoms. The number of aliphatic hydroxyl groups is 1. The van der Waals surface area contributed by atoms with Crippen LogP contribution in [0.1, 0.15) is 12.5 Å². The maximum Gasteiger partial charge on any atom is 0.326 e. The average Bonchev–Trinajstić information content (AvgIpc) is 3.15. The standard InChI is InChI=1S/C16H17N3O3S/c1-16(22,11-6-7-23-9-11)10-17-14(20)8-19-13-5-3-2-4-12(13)18-15(19)21/h2-7,9,22H,8,10H2,1H3,(H,17,20)(H,18,21). The van der Waals surface area contributed by atoms with Gasteiger partial charge in [-0.3, -0.25) is 9.36 Å². The molecule has 0 saturated heterocycles. The van der Waals surface area contributed by atoms with Gasteiger partial charge in [0.1, 0.15) is 12.1 Å². The number of hydrogen-bond donors (Lipinski definition) is 3. The summed E-state index contributed by atoms with van der Waals surface area (Å²) in [6, 6.07) is 9.02. The van der Waals surface area contributed by atoms with E-state index in [4.69, 9.17) is 0 Å². The van der Waals surface area contributed by atoms with Gasteiger partial charge in [-0.1, -0.05) is 12.1 Å². The Morgan fingerprint density at radius 1 is 1.39 bits per heavy atom. The molecule has 2 aromatic heterocycles. The van der Waals surface area contributed by atoms with E-state index < -0.39 is 5.60 Å². The Hall–Kier alpha value is -2.38. The fourth-order valence-electron chi connectivity index (χ4n) is 2.41. The minimum absolute atomic E-state index is 0.0830. The lowest BCUT2D eigenvalue weighted by molar-refractivity contribution is -0.122. The molecule has 2 heterocycles. The maximum absolute atomic E-state index is 12.1. The van der Waals surface area contributed by atoms with Gasteiger partial charge < -0.3 is 15.4 Å². The molecule has 1 aromatic carbocycles. The molecule has 1 atom stereocenters. The topological polar surface area (TPSA) is 87.1 Å². The molecule has 120 valence electrons. The van der Waals surface area contributed by atoms with Crippen LogP contribution in [-0.4, -0.2) is 27.1 Å². The summed E-state index contributed by atoms with van der Waals surface area (Å²) in [5.74, 6) is -0.327. The number of aromatic nitrogens is 2. The van der Waals surface area contributed by atoms with Gasteiger partial charge in [0.2, 0.25) is 5.91 Å². The van der Waals surface area contributed by atoms with E-state index in [0.29, 0.717) is 11.0 Å². The van der Waals surface area contributed by atoms with Crippen molar-refractivity contribution in [2.45, 2.75) is 19.1 Å². The minimum Gasteiger partial charge on any atom is -0.384 e. The van der Waals surface area contributed by atoms with Crippen LogP contribution in [0.4, 0.5) is 0 Å². The summed E-state index contributed by atoms with van der Waals surface area (Å²) >= 11 is 1.49. The van der Waals surface area contributed by atoms with Gasteiger partial charge >= 0.3 is 5.69 Å². The van der Waals surface area contributed by atoms with E-state index in [1.807, 2.05) is 29.0 Å². The first-order valence-electron chi connectivity index (χ1n) is 7.17. The molecular formula is C16H17N3O3S. The van der Waals surface area contributed by atoms with Crippen molar-refractivity contribution in [2.75, 3.05) is 6.54 Å². The molecule has 3 aromatic rings. The number of aromatic amines is 1. The van der Waals surface area contributed by atoms with Crippen molar-refractivity contribution in [1.29, 1.82) is 0 Å². The molecular weight excluding hydrogens is 314 g/mol. The molecule has 0 aliphatic rings. The lowest BCUT2D eigenvalue weighted by atomic mass is 9.99. The van der Waals surface area contributed by atoms with Gasteiger partial charge in [0.25, 0.3) is 0 Å². The lowest BCUT2D eigenvalue weighted by Crippen LogP contribution is -2.40. The van der Waals surface area contributed by atoms with Gasteiger partial charge in [-0.05, 0) is 41.4 Å². The highest BCUT2D eigenvalue weighted by Gasteiger charge is 2.24. The third-order valence-corrected chi connectivity index (χ3v) is 4.44. The molecule has 0 aliphatic heterocycles. The smallest absolute Gasteiger partial charge is 0.326 e. The summed E-state index contributed by atoms with van der Waals surface area (Å²) in [7, 11) is 0. The number of nitrogens with one attached hydrogen (secondary N) is 2. The van der Waals surface area contributed by atoms with Gasteiger partial charge in [0.15, 0.2) is 0 Å². The third kappa shape index (κ3) is 3.20. The molecule has 3 N–H and O–H groups in total. The van der Waals surface area contributed by atoms with Crippen molar-refractivity contribution in [3.63, 3.8) is 0 Å². The van der Waals surface area contributed by atoms with Crippen LogP contribution >= 0.6 is 11.3 Å². The zero-order valence-corrected chi connectivity index (χ0v) is 13.4. The number of rotatable bonds is 5. The fourth-order valence-corrected chi connectivity index (χ4v) is 3.19. The highest BCUT2D eigenvalue weighted by molar-refractivity contribution is 7.08. The number of H-pyrrole nitrogens is 1. The lowest BCUT2D eigenvalue weighted by Gasteiger charge is -2.22. The number of benzene rings is 1. The molecule has 1 amide bonds. The first-order chi connectivity index (χ1) is 11.0. The number of hydrogen-bond acceptors (Lipinski definition) is 4. The maximum atomic E-state index is 12.1. The van der Waals surface area contributed by atoms with Gasteiger partial charge in [0.05, 0.1) is 17.6 Å². The van der Waals surface area contributed by atoms with E-state index in [2.05, 4.69) is 10.3 Å². The molecule has 3 rings (SSSR count). The second-order valence-corrected chi connectivity index (χ2v) is 6.38. The predicted octanol–water partition coefficient (Wildman–Crippen LogP) is 1.41. The van der Waals surface area contributed by atoms with E-state index in [9.17, 15) is 14.7 Å². The summed E-state index contributed by atoms with van der Waals surface area (Å²) in [4.78, 5) is 26.8. The van der Waals surface area contributed by atoms with Crippen LogP contribution in [0.5, 0.6) is 0 Å². The quantitative estimate of drug-likeness (QED) is 0.661. The summed E-state index contributed by atoms with van der Waals surface area (Å²) in [6.45, 7) is 1.63. The number of imidazole rings is 1. The van der Waals surface area contributed by atoms with Crippen molar-refractivity contribution in [3.8, 4) is 0 Å². The summed E-state index contributed by atoms with van der Waals surface area (Å²) in [5.41, 5.74) is 0.659. The van der Waals surface area contributed by atoms with E-state index >= 15 is 0 Å². The van der Waals surface area contributed by atoms with Gasteiger partial charge in [-0.2, -0.15) is 11.3 Å². The monoisotopic (exact) mass is 331 g/mol. The molecule has 0 bridgehead atoms. The number of fused-ring (bicyclic) bond motifs is 1. The Bertz CT molecular complexity index is 878. The number of carbonyl (C=O) groups is 1. The molecule has 0 saturated carbocycles. The largest absolute Gasteiger partial charge is 0.384 e. The highest BCUT2D eigenvalue weighted by atomic mass is 32.1. The number of amides is 1. The van der Waals surface area contributed by atoms with Crippen LogP contribution in [0.15, 0.2) is 45.9 Å². The fraction of sp³-hybridized carbons (Fsp3) is 0.250. The number of thiophene rings is 1. The van der Waals surface area contributed by atoms with Crippen LogP contribution in [-0.2, 0) is 16.9 Å².